The minimum Gasteiger partial charge on any atom is -0.467 e. The lowest BCUT2D eigenvalue weighted by atomic mass is 10.1. The van der Waals surface area contributed by atoms with Gasteiger partial charge in [0.1, 0.15) is 23.1 Å². The van der Waals surface area contributed by atoms with E-state index < -0.39 is 0 Å². The van der Waals surface area contributed by atoms with Gasteiger partial charge in [-0.2, -0.15) is 0 Å². The molecule has 2 heterocycles. The number of hydrogen-bond donors (Lipinski definition) is 2. The molecule has 0 fully saturated rings. The summed E-state index contributed by atoms with van der Waals surface area (Å²) in [7, 11) is 0. The van der Waals surface area contributed by atoms with Crippen LogP contribution in [-0.2, 0) is 0 Å². The highest BCUT2D eigenvalue weighted by Crippen LogP contribution is 2.30. The van der Waals surface area contributed by atoms with Gasteiger partial charge in [0.2, 0.25) is 0 Å². The van der Waals surface area contributed by atoms with Gasteiger partial charge < -0.3 is 8.83 Å². The van der Waals surface area contributed by atoms with Crippen molar-refractivity contribution in [2.24, 2.45) is 5.84 Å². The molecule has 1 unspecified atom stereocenters. The number of benzene rings is 1. The van der Waals surface area contributed by atoms with Gasteiger partial charge in [0, 0.05) is 10.4 Å². The second-order valence-corrected chi connectivity index (χ2v) is 4.83. The Morgan fingerprint density at radius 3 is 2.79 bits per heavy atom. The van der Waals surface area contributed by atoms with E-state index in [4.69, 9.17) is 26.3 Å². The fourth-order valence-corrected chi connectivity index (χ4v) is 2.32. The van der Waals surface area contributed by atoms with Crippen LogP contribution in [0.5, 0.6) is 0 Å². The largest absolute Gasteiger partial charge is 0.467 e. The number of furan rings is 2. The molecule has 3 aromatic rings. The topological polar surface area (TPSA) is 64.3 Å². The van der Waals surface area contributed by atoms with E-state index in [1.165, 1.54) is 0 Å². The number of fused-ring (bicyclic) bond motifs is 1. The highest BCUT2D eigenvalue weighted by molar-refractivity contribution is 6.31. The van der Waals surface area contributed by atoms with Crippen molar-refractivity contribution in [3.8, 4) is 0 Å². The summed E-state index contributed by atoms with van der Waals surface area (Å²) in [6.07, 6.45) is 1.63. The fraction of sp³-hybridized carbons (Fsp3) is 0.143. The van der Waals surface area contributed by atoms with Gasteiger partial charge in [-0.25, -0.2) is 5.43 Å². The SMILES string of the molecule is Cc1ccoc1C(NN)c1cc2cc(Cl)ccc2o1. The molecule has 5 heteroatoms. The van der Waals surface area contributed by atoms with Crippen molar-refractivity contribution in [3.63, 3.8) is 0 Å². The second-order valence-electron chi connectivity index (χ2n) is 4.40. The standard InChI is InChI=1S/C14H13ClN2O2/c1-8-4-5-18-14(8)13(17-16)12-7-9-6-10(15)2-3-11(9)19-12/h2-7,13,17H,16H2,1H3. The van der Waals surface area contributed by atoms with Crippen LogP contribution >= 0.6 is 11.6 Å². The van der Waals surface area contributed by atoms with E-state index in [-0.39, 0.29) is 6.04 Å². The minimum absolute atomic E-state index is 0.318. The highest BCUT2D eigenvalue weighted by atomic mass is 35.5. The van der Waals surface area contributed by atoms with Crippen molar-refractivity contribution < 1.29 is 8.83 Å². The molecule has 3 N–H and O–H groups in total. The molecule has 98 valence electrons. The normalized spacial score (nSPS) is 13.0. The van der Waals surface area contributed by atoms with Gasteiger partial charge in [-0.05, 0) is 42.8 Å². The molecule has 0 radical (unpaired) electrons. The van der Waals surface area contributed by atoms with Crippen molar-refractivity contribution in [3.05, 3.63) is 58.7 Å². The van der Waals surface area contributed by atoms with Crippen molar-refractivity contribution in [2.45, 2.75) is 13.0 Å². The molecule has 0 saturated carbocycles. The third kappa shape index (κ3) is 2.14. The summed E-state index contributed by atoms with van der Waals surface area (Å²) in [4.78, 5) is 0. The zero-order valence-corrected chi connectivity index (χ0v) is 11.1. The Hall–Kier alpha value is -1.75. The molecule has 1 atom stereocenters. The molecule has 3 rings (SSSR count). The van der Waals surface area contributed by atoms with Crippen molar-refractivity contribution in [1.82, 2.24) is 5.43 Å². The maximum Gasteiger partial charge on any atom is 0.137 e. The first-order valence-electron chi connectivity index (χ1n) is 5.88. The summed E-state index contributed by atoms with van der Waals surface area (Å²) in [5.74, 6) is 7.06. The van der Waals surface area contributed by atoms with Gasteiger partial charge in [0.15, 0.2) is 0 Å². The first-order chi connectivity index (χ1) is 9.19. The molecule has 2 aromatic heterocycles. The summed E-state index contributed by atoms with van der Waals surface area (Å²) in [6.45, 7) is 1.96. The van der Waals surface area contributed by atoms with E-state index in [2.05, 4.69) is 5.43 Å². The highest BCUT2D eigenvalue weighted by Gasteiger charge is 2.21. The molecule has 0 bridgehead atoms. The zero-order chi connectivity index (χ0) is 13.4. The maximum absolute atomic E-state index is 5.97. The number of nitrogens with one attached hydrogen (secondary N) is 1. The van der Waals surface area contributed by atoms with Crippen LogP contribution in [0.25, 0.3) is 11.0 Å². The van der Waals surface area contributed by atoms with Crippen LogP contribution in [0.2, 0.25) is 5.02 Å². The third-order valence-corrected chi connectivity index (χ3v) is 3.35. The smallest absolute Gasteiger partial charge is 0.137 e. The molecule has 0 amide bonds. The van der Waals surface area contributed by atoms with Gasteiger partial charge >= 0.3 is 0 Å². The summed E-state index contributed by atoms with van der Waals surface area (Å²) < 4.78 is 11.3. The third-order valence-electron chi connectivity index (χ3n) is 3.11. The quantitative estimate of drug-likeness (QED) is 0.567. The maximum atomic E-state index is 5.97. The van der Waals surface area contributed by atoms with Crippen LogP contribution < -0.4 is 11.3 Å². The fourth-order valence-electron chi connectivity index (χ4n) is 2.14. The zero-order valence-electron chi connectivity index (χ0n) is 10.3. The Kier molecular flexibility index (Phi) is 3.06. The van der Waals surface area contributed by atoms with Crippen LogP contribution in [0.4, 0.5) is 0 Å². The number of hydrazine groups is 1. The molecule has 19 heavy (non-hydrogen) atoms. The number of rotatable bonds is 3. The van der Waals surface area contributed by atoms with E-state index in [1.54, 1.807) is 12.3 Å². The van der Waals surface area contributed by atoms with E-state index in [0.717, 1.165) is 22.3 Å². The average Bonchev–Trinajstić information content (AvgIpc) is 2.97. The Balaban J connectivity index is 2.09. The predicted octanol–water partition coefficient (Wildman–Crippen LogP) is 3.54. The lowest BCUT2D eigenvalue weighted by Crippen LogP contribution is -2.28. The van der Waals surface area contributed by atoms with Crippen molar-refractivity contribution in [2.75, 3.05) is 0 Å². The minimum atomic E-state index is -0.318. The van der Waals surface area contributed by atoms with Crippen LogP contribution in [0, 0.1) is 6.92 Å². The lowest BCUT2D eigenvalue weighted by Gasteiger charge is -2.11. The van der Waals surface area contributed by atoms with E-state index >= 15 is 0 Å². The first kappa shape index (κ1) is 12.3. The van der Waals surface area contributed by atoms with Gasteiger partial charge in [0.25, 0.3) is 0 Å². The van der Waals surface area contributed by atoms with Crippen molar-refractivity contribution >= 4 is 22.6 Å². The Morgan fingerprint density at radius 2 is 2.11 bits per heavy atom. The van der Waals surface area contributed by atoms with Gasteiger partial charge in [-0.1, -0.05) is 11.6 Å². The summed E-state index contributed by atoms with van der Waals surface area (Å²) in [5, 5.41) is 1.61. The van der Waals surface area contributed by atoms with Crippen LogP contribution in [0.1, 0.15) is 23.1 Å². The van der Waals surface area contributed by atoms with E-state index in [1.807, 2.05) is 31.2 Å². The van der Waals surface area contributed by atoms with E-state index in [9.17, 15) is 0 Å². The number of nitrogens with two attached hydrogens (primary N) is 1. The molecule has 0 aliphatic carbocycles. The summed E-state index contributed by atoms with van der Waals surface area (Å²) in [5.41, 5.74) is 4.50. The lowest BCUT2D eigenvalue weighted by molar-refractivity contribution is 0.401. The van der Waals surface area contributed by atoms with E-state index in [0.29, 0.717) is 10.8 Å². The average molecular weight is 277 g/mol. The second kappa shape index (κ2) is 4.74. The predicted molar refractivity (Wildman–Crippen MR) is 73.8 cm³/mol. The number of aryl methyl sites for hydroxylation is 1. The molecule has 0 spiro atoms. The van der Waals surface area contributed by atoms with Gasteiger partial charge in [-0.3, -0.25) is 5.84 Å². The summed E-state index contributed by atoms with van der Waals surface area (Å²) in [6, 6.07) is 8.96. The number of hydrogen-bond acceptors (Lipinski definition) is 4. The van der Waals surface area contributed by atoms with Crippen LogP contribution in [0.3, 0.4) is 0 Å². The molecule has 4 nitrogen and oxygen atoms in total. The molecular weight excluding hydrogens is 264 g/mol. The molecule has 0 saturated heterocycles. The van der Waals surface area contributed by atoms with Crippen LogP contribution in [-0.4, -0.2) is 0 Å². The molecular formula is C14H13ClN2O2. The number of halogens is 1. The molecule has 1 aromatic carbocycles. The molecule has 0 aliphatic rings. The Bertz CT molecular complexity index is 717. The molecule has 0 aliphatic heterocycles. The van der Waals surface area contributed by atoms with Crippen molar-refractivity contribution in [1.29, 1.82) is 0 Å². The summed E-state index contributed by atoms with van der Waals surface area (Å²) >= 11 is 5.97. The Labute approximate surface area is 115 Å². The monoisotopic (exact) mass is 276 g/mol. The van der Waals surface area contributed by atoms with Gasteiger partial charge in [-0.15, -0.1) is 0 Å². The van der Waals surface area contributed by atoms with Gasteiger partial charge in [0.05, 0.1) is 6.26 Å². The Morgan fingerprint density at radius 1 is 1.26 bits per heavy atom. The first-order valence-corrected chi connectivity index (χ1v) is 6.26. The van der Waals surface area contributed by atoms with Crippen LogP contribution in [0.15, 0.2) is 45.4 Å².